The molecule has 114 valence electrons. The lowest BCUT2D eigenvalue weighted by atomic mass is 9.95. The molecule has 0 unspecified atom stereocenters. The Hall–Kier alpha value is -0.810. The van der Waals surface area contributed by atoms with Crippen molar-refractivity contribution in [2.45, 2.75) is 38.9 Å². The van der Waals surface area contributed by atoms with Crippen LogP contribution in [0.1, 0.15) is 39.7 Å². The Bertz CT molecular complexity index is 500. The molecule has 0 saturated carbocycles. The Labute approximate surface area is 125 Å². The molecule has 5 heteroatoms. The number of thioether (sulfide) groups is 1. The van der Waals surface area contributed by atoms with Gasteiger partial charge in [-0.3, -0.25) is 9.59 Å². The molecule has 0 saturated heterocycles. The van der Waals surface area contributed by atoms with Crippen LogP contribution in [0, 0.1) is 0 Å². The van der Waals surface area contributed by atoms with Crippen LogP contribution >= 0.6 is 11.8 Å². The molecular formula is C15H26N2O2S. The normalized spacial score (nSPS) is 12.3. The summed E-state index contributed by atoms with van der Waals surface area (Å²) in [5, 5.41) is 3.16. The summed E-state index contributed by atoms with van der Waals surface area (Å²) >= 11 is 1.59. The molecular weight excluding hydrogens is 272 g/mol. The molecule has 4 nitrogen and oxygen atoms in total. The highest BCUT2D eigenvalue weighted by molar-refractivity contribution is 7.99. The zero-order valence-corrected chi connectivity index (χ0v) is 14.0. The van der Waals surface area contributed by atoms with Crippen molar-refractivity contribution in [1.29, 1.82) is 0 Å². The number of nitrogens with one attached hydrogen (secondary N) is 1. The molecule has 0 fully saturated rings. The Morgan fingerprint density at radius 2 is 1.75 bits per heavy atom. The zero-order valence-electron chi connectivity index (χ0n) is 13.2. The average Bonchev–Trinajstić information content (AvgIpc) is 2.45. The quantitative estimate of drug-likeness (QED) is 0.558. The number of anilines is 1. The van der Waals surface area contributed by atoms with Crippen molar-refractivity contribution in [2.24, 2.45) is 0 Å². The number of hydrogen-bond acceptors (Lipinski definition) is 5. The highest BCUT2D eigenvalue weighted by Gasteiger charge is 2.32. The van der Waals surface area contributed by atoms with Gasteiger partial charge in [-0.2, -0.15) is 11.8 Å². The third kappa shape index (κ3) is 3.64. The van der Waals surface area contributed by atoms with Gasteiger partial charge in [0.15, 0.2) is 0 Å². The summed E-state index contributed by atoms with van der Waals surface area (Å²) in [5.74, 6) is 0. The van der Waals surface area contributed by atoms with Crippen molar-refractivity contribution in [1.82, 2.24) is 4.90 Å². The minimum absolute atomic E-state index is 0.299. The summed E-state index contributed by atoms with van der Waals surface area (Å²) in [4.78, 5) is 25.8. The van der Waals surface area contributed by atoms with E-state index in [1.165, 1.54) is 0 Å². The molecule has 0 aliphatic carbocycles. The van der Waals surface area contributed by atoms with E-state index in [1.807, 2.05) is 20.1 Å². The monoisotopic (exact) mass is 298 g/mol. The van der Waals surface area contributed by atoms with E-state index in [-0.39, 0.29) is 15.6 Å². The standard InChI is InChI=1S/C15H26N2O2S/c1-6-17(7-2)10-8-9-16-12-11(13(18)14(12)19)15(3,4)20-5/h16H,6-10H2,1-5H3. The molecule has 0 aliphatic rings. The predicted octanol–water partition coefficient (Wildman–Crippen LogP) is 2.02. The Morgan fingerprint density at radius 1 is 1.15 bits per heavy atom. The van der Waals surface area contributed by atoms with E-state index < -0.39 is 0 Å². The summed E-state index contributed by atoms with van der Waals surface area (Å²) in [6.45, 7) is 12.1. The Kier molecular flexibility index (Phi) is 6.27. The maximum atomic E-state index is 11.7. The first-order chi connectivity index (χ1) is 9.38. The second-order valence-corrected chi connectivity index (χ2v) is 6.86. The van der Waals surface area contributed by atoms with E-state index in [1.54, 1.807) is 11.8 Å². The largest absolute Gasteiger partial charge is 0.381 e. The van der Waals surface area contributed by atoms with E-state index in [9.17, 15) is 9.59 Å². The molecule has 1 aromatic rings. The third-order valence-electron chi connectivity index (χ3n) is 3.87. The molecule has 0 aliphatic heterocycles. The molecule has 20 heavy (non-hydrogen) atoms. The van der Waals surface area contributed by atoms with Gasteiger partial charge in [0.05, 0.1) is 5.69 Å². The fraction of sp³-hybridized carbons (Fsp3) is 0.733. The van der Waals surface area contributed by atoms with Crippen LogP contribution in [0.25, 0.3) is 0 Å². The van der Waals surface area contributed by atoms with Gasteiger partial charge in [0.1, 0.15) is 0 Å². The van der Waals surface area contributed by atoms with E-state index in [4.69, 9.17) is 0 Å². The fourth-order valence-electron chi connectivity index (χ4n) is 2.29. The van der Waals surface area contributed by atoms with Gasteiger partial charge in [-0.05, 0) is 46.2 Å². The Balaban J connectivity index is 2.60. The minimum atomic E-state index is -0.357. The average molecular weight is 298 g/mol. The van der Waals surface area contributed by atoms with Gasteiger partial charge < -0.3 is 10.2 Å². The van der Waals surface area contributed by atoms with Gasteiger partial charge in [0.25, 0.3) is 0 Å². The van der Waals surface area contributed by atoms with Crippen LogP contribution in [-0.4, -0.2) is 37.3 Å². The first-order valence-electron chi connectivity index (χ1n) is 7.24. The highest BCUT2D eigenvalue weighted by atomic mass is 32.2. The first-order valence-corrected chi connectivity index (χ1v) is 8.46. The smallest absolute Gasteiger partial charge is 0.249 e. The van der Waals surface area contributed by atoms with Gasteiger partial charge in [-0.25, -0.2) is 0 Å². The van der Waals surface area contributed by atoms with E-state index in [2.05, 4.69) is 24.1 Å². The lowest BCUT2D eigenvalue weighted by Crippen LogP contribution is -2.43. The zero-order chi connectivity index (χ0) is 15.3. The van der Waals surface area contributed by atoms with Crippen LogP contribution in [-0.2, 0) is 4.75 Å². The summed E-state index contributed by atoms with van der Waals surface area (Å²) in [5.41, 5.74) is 0.507. The van der Waals surface area contributed by atoms with Crippen molar-refractivity contribution in [3.05, 3.63) is 26.0 Å². The molecule has 1 rings (SSSR count). The van der Waals surface area contributed by atoms with Crippen molar-refractivity contribution < 1.29 is 0 Å². The third-order valence-corrected chi connectivity index (χ3v) is 5.09. The van der Waals surface area contributed by atoms with Crippen molar-refractivity contribution in [3.63, 3.8) is 0 Å². The molecule has 0 amide bonds. The van der Waals surface area contributed by atoms with Crippen LogP contribution in [0.15, 0.2) is 9.59 Å². The maximum Gasteiger partial charge on any atom is 0.249 e. The van der Waals surface area contributed by atoms with E-state index in [0.717, 1.165) is 32.6 Å². The topological polar surface area (TPSA) is 49.4 Å². The second kappa shape index (κ2) is 7.27. The van der Waals surface area contributed by atoms with Crippen molar-refractivity contribution in [2.75, 3.05) is 37.8 Å². The fourth-order valence-corrected chi connectivity index (χ4v) is 2.69. The van der Waals surface area contributed by atoms with Crippen molar-refractivity contribution in [3.8, 4) is 0 Å². The summed E-state index contributed by atoms with van der Waals surface area (Å²) in [6, 6.07) is 0. The first kappa shape index (κ1) is 17.2. The van der Waals surface area contributed by atoms with E-state index in [0.29, 0.717) is 11.3 Å². The van der Waals surface area contributed by atoms with Crippen LogP contribution in [0.3, 0.4) is 0 Å². The van der Waals surface area contributed by atoms with Crippen LogP contribution in [0.2, 0.25) is 0 Å². The molecule has 0 spiro atoms. The highest BCUT2D eigenvalue weighted by Crippen LogP contribution is 2.35. The molecule has 1 aromatic carbocycles. The SMILES string of the molecule is CCN(CC)CCCNc1c(C(C)(C)SC)c(=O)c1=O. The van der Waals surface area contributed by atoms with Gasteiger partial charge in [-0.15, -0.1) is 0 Å². The van der Waals surface area contributed by atoms with Gasteiger partial charge in [-0.1, -0.05) is 13.8 Å². The molecule has 0 heterocycles. The molecule has 0 radical (unpaired) electrons. The lowest BCUT2D eigenvalue weighted by Gasteiger charge is -2.26. The predicted molar refractivity (Wildman–Crippen MR) is 88.8 cm³/mol. The van der Waals surface area contributed by atoms with Crippen LogP contribution in [0.4, 0.5) is 5.69 Å². The lowest BCUT2D eigenvalue weighted by molar-refractivity contribution is 0.303. The molecule has 0 atom stereocenters. The number of nitrogens with zero attached hydrogens (tertiary/aromatic N) is 1. The molecule has 0 bridgehead atoms. The van der Waals surface area contributed by atoms with Crippen LogP contribution in [0.5, 0.6) is 0 Å². The Morgan fingerprint density at radius 3 is 2.25 bits per heavy atom. The minimum Gasteiger partial charge on any atom is -0.381 e. The van der Waals surface area contributed by atoms with Gasteiger partial charge in [0, 0.05) is 16.9 Å². The van der Waals surface area contributed by atoms with E-state index >= 15 is 0 Å². The number of rotatable bonds is 9. The summed E-state index contributed by atoms with van der Waals surface area (Å²) < 4.78 is -0.299. The van der Waals surface area contributed by atoms with Gasteiger partial charge in [0.2, 0.25) is 10.9 Å². The maximum absolute atomic E-state index is 11.7. The van der Waals surface area contributed by atoms with Gasteiger partial charge >= 0.3 is 0 Å². The van der Waals surface area contributed by atoms with Crippen LogP contribution < -0.4 is 16.2 Å². The second-order valence-electron chi connectivity index (χ2n) is 5.43. The summed E-state index contributed by atoms with van der Waals surface area (Å²) in [7, 11) is 0. The molecule has 1 N–H and O–H groups in total. The molecule has 0 aromatic heterocycles. The number of hydrogen-bond donors (Lipinski definition) is 1. The summed E-state index contributed by atoms with van der Waals surface area (Å²) in [6.07, 6.45) is 2.93. The van der Waals surface area contributed by atoms with Crippen molar-refractivity contribution >= 4 is 17.4 Å².